The van der Waals surface area contributed by atoms with Crippen molar-refractivity contribution in [1.82, 2.24) is 0 Å². The molecule has 1 spiro atoms. The molecule has 1 unspecified atom stereocenters. The summed E-state index contributed by atoms with van der Waals surface area (Å²) in [5.74, 6) is 0.654. The van der Waals surface area contributed by atoms with Crippen molar-refractivity contribution in [2.45, 2.75) is 19.6 Å². The van der Waals surface area contributed by atoms with E-state index in [-0.39, 0.29) is 11.3 Å². The molecule has 2 aliphatic rings. The van der Waals surface area contributed by atoms with E-state index in [0.717, 1.165) is 11.4 Å². The van der Waals surface area contributed by atoms with Crippen LogP contribution in [0.5, 0.6) is 5.75 Å². The van der Waals surface area contributed by atoms with Crippen molar-refractivity contribution in [1.29, 1.82) is 0 Å². The van der Waals surface area contributed by atoms with Crippen LogP contribution in [0.1, 0.15) is 13.8 Å². The Morgan fingerprint density at radius 2 is 2.00 bits per heavy atom. The maximum Gasteiger partial charge on any atom is 0.197 e. The molecule has 0 amide bonds. The first-order valence-electron chi connectivity index (χ1n) is 8.52. The van der Waals surface area contributed by atoms with Gasteiger partial charge in [-0.05, 0) is 29.7 Å². The maximum atomic E-state index is 6.04. The van der Waals surface area contributed by atoms with Crippen LogP contribution in [0.25, 0.3) is 0 Å². The third-order valence-electron chi connectivity index (χ3n) is 4.86. The topological polar surface area (TPSA) is 87.3 Å². The van der Waals surface area contributed by atoms with Gasteiger partial charge in [-0.25, -0.2) is 0 Å². The molecule has 0 aromatic heterocycles. The number of nitrogens with zero attached hydrogens (tertiary/aromatic N) is 1. The SMILES string of the molecule is COc1ccc(NC(N)=NCC(C)(C)C2COCC23OCCO3)cc1. The smallest absolute Gasteiger partial charge is 0.197 e. The average molecular weight is 349 g/mol. The Morgan fingerprint density at radius 1 is 1.32 bits per heavy atom. The van der Waals surface area contributed by atoms with Crippen LogP contribution < -0.4 is 15.8 Å². The second kappa shape index (κ2) is 7.19. The molecule has 1 aromatic rings. The Kier molecular flexibility index (Phi) is 5.17. The van der Waals surface area contributed by atoms with Crippen LogP contribution in [0, 0.1) is 11.3 Å². The monoisotopic (exact) mass is 349 g/mol. The van der Waals surface area contributed by atoms with E-state index in [4.69, 9.17) is 24.7 Å². The van der Waals surface area contributed by atoms with Gasteiger partial charge >= 0.3 is 0 Å². The van der Waals surface area contributed by atoms with Gasteiger partial charge in [0.15, 0.2) is 11.7 Å². The van der Waals surface area contributed by atoms with Gasteiger partial charge < -0.3 is 30.0 Å². The highest BCUT2D eigenvalue weighted by atomic mass is 16.8. The first kappa shape index (κ1) is 18.0. The zero-order valence-corrected chi connectivity index (χ0v) is 15.1. The molecule has 25 heavy (non-hydrogen) atoms. The molecule has 0 radical (unpaired) electrons. The van der Waals surface area contributed by atoms with Crippen molar-refractivity contribution in [3.05, 3.63) is 24.3 Å². The van der Waals surface area contributed by atoms with E-state index in [1.54, 1.807) is 7.11 Å². The second-order valence-electron chi connectivity index (χ2n) is 7.12. The highest BCUT2D eigenvalue weighted by Gasteiger charge is 2.55. The van der Waals surface area contributed by atoms with Crippen molar-refractivity contribution >= 4 is 11.6 Å². The van der Waals surface area contributed by atoms with Gasteiger partial charge in [-0.15, -0.1) is 0 Å². The molecule has 0 aliphatic carbocycles. The molecular weight excluding hydrogens is 322 g/mol. The molecule has 2 aliphatic heterocycles. The molecule has 3 N–H and O–H groups in total. The minimum atomic E-state index is -0.628. The normalized spacial score (nSPS) is 23.2. The van der Waals surface area contributed by atoms with Gasteiger partial charge in [-0.1, -0.05) is 13.8 Å². The highest BCUT2D eigenvalue weighted by molar-refractivity contribution is 5.92. The fraction of sp³-hybridized carbons (Fsp3) is 0.611. The molecule has 0 saturated carbocycles. The van der Waals surface area contributed by atoms with Crippen LogP contribution in [0.15, 0.2) is 29.3 Å². The van der Waals surface area contributed by atoms with Crippen LogP contribution in [-0.4, -0.2) is 51.8 Å². The third-order valence-corrected chi connectivity index (χ3v) is 4.86. The van der Waals surface area contributed by atoms with Gasteiger partial charge in [0.2, 0.25) is 0 Å². The van der Waals surface area contributed by atoms with Gasteiger partial charge in [0.25, 0.3) is 0 Å². The van der Waals surface area contributed by atoms with Gasteiger partial charge in [-0.2, -0.15) is 0 Å². The largest absolute Gasteiger partial charge is 0.497 e. The third kappa shape index (κ3) is 3.89. The molecule has 3 rings (SSSR count). The number of methoxy groups -OCH3 is 1. The Hall–Kier alpha value is -1.83. The number of benzene rings is 1. The number of nitrogens with two attached hydrogens (primary N) is 1. The van der Waals surface area contributed by atoms with E-state index >= 15 is 0 Å². The van der Waals surface area contributed by atoms with Gasteiger partial charge in [0.05, 0.1) is 26.9 Å². The lowest BCUT2D eigenvalue weighted by Gasteiger charge is -2.37. The number of rotatable bonds is 5. The van der Waals surface area contributed by atoms with E-state index < -0.39 is 5.79 Å². The summed E-state index contributed by atoms with van der Waals surface area (Å²) in [7, 11) is 1.64. The summed E-state index contributed by atoms with van der Waals surface area (Å²) in [6, 6.07) is 7.53. The minimum Gasteiger partial charge on any atom is -0.497 e. The number of anilines is 1. The number of hydrogen-bond donors (Lipinski definition) is 2. The van der Waals surface area contributed by atoms with Crippen molar-refractivity contribution < 1.29 is 18.9 Å². The van der Waals surface area contributed by atoms with E-state index in [0.29, 0.717) is 38.9 Å². The van der Waals surface area contributed by atoms with E-state index in [1.807, 2.05) is 24.3 Å². The molecule has 7 nitrogen and oxygen atoms in total. The first-order chi connectivity index (χ1) is 12.0. The average Bonchev–Trinajstić information content (AvgIpc) is 3.25. The van der Waals surface area contributed by atoms with Crippen molar-refractivity contribution in [2.24, 2.45) is 22.1 Å². The Morgan fingerprint density at radius 3 is 2.64 bits per heavy atom. The van der Waals surface area contributed by atoms with E-state index in [1.165, 1.54) is 0 Å². The van der Waals surface area contributed by atoms with Crippen LogP contribution in [0.3, 0.4) is 0 Å². The minimum absolute atomic E-state index is 0.111. The molecule has 7 heteroatoms. The molecule has 2 heterocycles. The Bertz CT molecular complexity index is 604. The Labute approximate surface area is 148 Å². The van der Waals surface area contributed by atoms with E-state index in [9.17, 15) is 0 Å². The zero-order valence-electron chi connectivity index (χ0n) is 15.1. The summed E-state index contributed by atoms with van der Waals surface area (Å²) < 4.78 is 22.5. The Balaban J connectivity index is 1.62. The summed E-state index contributed by atoms with van der Waals surface area (Å²) in [5, 5.41) is 3.10. The van der Waals surface area contributed by atoms with Crippen molar-refractivity contribution in [3.63, 3.8) is 0 Å². The number of hydrogen-bond acceptors (Lipinski definition) is 5. The van der Waals surface area contributed by atoms with Crippen LogP contribution in [-0.2, 0) is 14.2 Å². The number of nitrogens with one attached hydrogen (secondary N) is 1. The summed E-state index contributed by atoms with van der Waals surface area (Å²) >= 11 is 0. The fourth-order valence-electron chi connectivity index (χ4n) is 3.38. The van der Waals surface area contributed by atoms with E-state index in [2.05, 4.69) is 24.2 Å². The van der Waals surface area contributed by atoms with Crippen molar-refractivity contribution in [2.75, 3.05) is 45.4 Å². The predicted octanol–water partition coefficient (Wildman–Crippen LogP) is 1.84. The zero-order chi connectivity index (χ0) is 17.9. The lowest BCUT2D eigenvalue weighted by molar-refractivity contribution is -0.196. The quantitative estimate of drug-likeness (QED) is 0.623. The lowest BCUT2D eigenvalue weighted by Crippen LogP contribution is -2.47. The number of guanidine groups is 1. The van der Waals surface area contributed by atoms with Crippen molar-refractivity contribution in [3.8, 4) is 5.75 Å². The van der Waals surface area contributed by atoms with Gasteiger partial charge in [0.1, 0.15) is 12.4 Å². The summed E-state index contributed by atoms with van der Waals surface area (Å²) in [4.78, 5) is 4.52. The highest BCUT2D eigenvalue weighted by Crippen LogP contribution is 2.44. The molecule has 0 bridgehead atoms. The van der Waals surface area contributed by atoms with Crippen LogP contribution in [0.4, 0.5) is 5.69 Å². The second-order valence-corrected chi connectivity index (χ2v) is 7.12. The molecule has 1 aromatic carbocycles. The summed E-state index contributed by atoms with van der Waals surface area (Å²) in [5.41, 5.74) is 6.73. The maximum absolute atomic E-state index is 6.04. The molecule has 2 fully saturated rings. The number of aliphatic imine (C=N–C) groups is 1. The fourth-order valence-corrected chi connectivity index (χ4v) is 3.38. The lowest BCUT2D eigenvalue weighted by atomic mass is 9.75. The first-order valence-corrected chi connectivity index (χ1v) is 8.52. The molecule has 2 saturated heterocycles. The molecule has 138 valence electrons. The summed E-state index contributed by atoms with van der Waals surface area (Å²) in [6.45, 7) is 7.14. The summed E-state index contributed by atoms with van der Waals surface area (Å²) in [6.07, 6.45) is 0. The van der Waals surface area contributed by atoms with Crippen LogP contribution in [0.2, 0.25) is 0 Å². The van der Waals surface area contributed by atoms with Crippen LogP contribution >= 0.6 is 0 Å². The molecule has 1 atom stereocenters. The van der Waals surface area contributed by atoms with Gasteiger partial charge in [-0.3, -0.25) is 4.99 Å². The van der Waals surface area contributed by atoms with Gasteiger partial charge in [0, 0.05) is 18.2 Å². The molecular formula is C18H27N3O4. The number of ether oxygens (including phenoxy) is 4. The predicted molar refractivity (Wildman–Crippen MR) is 95.8 cm³/mol. The standard InChI is InChI=1S/C18H27N3O4/c1-17(2,15-10-23-12-18(15)24-8-9-25-18)11-20-16(19)21-13-4-6-14(22-3)7-5-13/h4-7,15H,8-12H2,1-3H3,(H3,19,20,21).